The summed E-state index contributed by atoms with van der Waals surface area (Å²) in [7, 11) is 0. The van der Waals surface area contributed by atoms with Crippen LogP contribution in [0.5, 0.6) is 0 Å². The summed E-state index contributed by atoms with van der Waals surface area (Å²) in [4.78, 5) is 4.39. The molecule has 0 bridgehead atoms. The second-order valence-corrected chi connectivity index (χ2v) is 4.83. The van der Waals surface area contributed by atoms with Crippen LogP contribution < -0.4 is 5.32 Å². The lowest BCUT2D eigenvalue weighted by molar-refractivity contribution is 0.521. The van der Waals surface area contributed by atoms with Crippen LogP contribution in [-0.4, -0.2) is 15.9 Å². The molecule has 0 atom stereocenters. The van der Waals surface area contributed by atoms with Gasteiger partial charge in [0.25, 0.3) is 0 Å². The van der Waals surface area contributed by atoms with Crippen LogP contribution >= 0.6 is 11.5 Å². The third-order valence-electron chi connectivity index (χ3n) is 3.11. The first-order valence-electron chi connectivity index (χ1n) is 5.34. The van der Waals surface area contributed by atoms with Crippen LogP contribution in [0, 0.1) is 5.41 Å². The van der Waals surface area contributed by atoms with E-state index >= 15 is 0 Å². The normalized spacial score (nSPS) is 18.1. The van der Waals surface area contributed by atoms with Gasteiger partial charge >= 0.3 is 0 Å². The second kappa shape index (κ2) is 3.85. The van der Waals surface area contributed by atoms with Crippen molar-refractivity contribution in [2.45, 2.75) is 39.5 Å². The fraction of sp³-hybridized carbons (Fsp3) is 0.800. The Morgan fingerprint density at radius 1 is 1.43 bits per heavy atom. The van der Waals surface area contributed by atoms with Gasteiger partial charge in [0, 0.05) is 24.5 Å². The fourth-order valence-corrected chi connectivity index (χ4v) is 2.21. The largest absolute Gasteiger partial charge is 0.360 e. The minimum atomic E-state index is 0.581. The van der Waals surface area contributed by atoms with E-state index in [-0.39, 0.29) is 0 Å². The van der Waals surface area contributed by atoms with E-state index < -0.39 is 0 Å². The van der Waals surface area contributed by atoms with Gasteiger partial charge in [-0.1, -0.05) is 13.8 Å². The summed E-state index contributed by atoms with van der Waals surface area (Å²) in [6.45, 7) is 5.42. The number of aryl methyl sites for hydroxylation is 1. The fourth-order valence-electron chi connectivity index (χ4n) is 1.56. The van der Waals surface area contributed by atoms with Gasteiger partial charge in [-0.15, -0.1) is 0 Å². The maximum atomic E-state index is 4.39. The number of aromatic nitrogens is 2. The topological polar surface area (TPSA) is 37.8 Å². The van der Waals surface area contributed by atoms with E-state index in [0.717, 1.165) is 23.9 Å². The summed E-state index contributed by atoms with van der Waals surface area (Å²) in [6, 6.07) is 0. The third-order valence-corrected chi connectivity index (χ3v) is 3.82. The summed E-state index contributed by atoms with van der Waals surface area (Å²) >= 11 is 1.48. The molecule has 1 heterocycles. The molecule has 1 aromatic heterocycles. The van der Waals surface area contributed by atoms with Crippen LogP contribution in [0.3, 0.4) is 0 Å². The van der Waals surface area contributed by atoms with Crippen LogP contribution in [0.2, 0.25) is 0 Å². The zero-order valence-electron chi connectivity index (χ0n) is 8.84. The summed E-state index contributed by atoms with van der Waals surface area (Å²) < 4.78 is 4.25. The van der Waals surface area contributed by atoms with Crippen molar-refractivity contribution in [1.82, 2.24) is 9.36 Å². The van der Waals surface area contributed by atoms with Crippen molar-refractivity contribution in [3.05, 3.63) is 5.82 Å². The van der Waals surface area contributed by atoms with Crippen LogP contribution in [0.4, 0.5) is 5.13 Å². The molecule has 14 heavy (non-hydrogen) atoms. The van der Waals surface area contributed by atoms with E-state index in [4.69, 9.17) is 0 Å². The number of hydrogen-bond donors (Lipinski definition) is 1. The van der Waals surface area contributed by atoms with Crippen molar-refractivity contribution in [3.63, 3.8) is 0 Å². The molecule has 0 radical (unpaired) electrons. The van der Waals surface area contributed by atoms with Gasteiger partial charge in [-0.05, 0) is 24.7 Å². The van der Waals surface area contributed by atoms with Gasteiger partial charge in [-0.2, -0.15) is 4.37 Å². The van der Waals surface area contributed by atoms with Gasteiger partial charge in [-0.25, -0.2) is 4.98 Å². The number of hydrogen-bond acceptors (Lipinski definition) is 4. The molecule has 78 valence electrons. The molecule has 1 fully saturated rings. The standard InChI is InChI=1S/C10H17N3S/c1-3-8-12-9(14-13-8)11-7-10(4-2)5-6-10/h3-7H2,1-2H3,(H,11,12,13). The van der Waals surface area contributed by atoms with E-state index in [1.807, 2.05) is 0 Å². The Balaban J connectivity index is 1.85. The number of anilines is 1. The van der Waals surface area contributed by atoms with Gasteiger partial charge in [0.2, 0.25) is 5.13 Å². The Labute approximate surface area is 89.1 Å². The molecular weight excluding hydrogens is 194 g/mol. The maximum Gasteiger partial charge on any atom is 0.202 e. The van der Waals surface area contributed by atoms with Crippen molar-refractivity contribution in [3.8, 4) is 0 Å². The molecule has 1 aliphatic rings. The maximum absolute atomic E-state index is 4.39. The predicted octanol–water partition coefficient (Wildman–Crippen LogP) is 2.70. The predicted molar refractivity (Wildman–Crippen MR) is 59.7 cm³/mol. The molecule has 1 aromatic rings. The molecule has 1 saturated carbocycles. The van der Waals surface area contributed by atoms with Crippen molar-refractivity contribution in [1.29, 1.82) is 0 Å². The van der Waals surface area contributed by atoms with E-state index in [9.17, 15) is 0 Å². The van der Waals surface area contributed by atoms with Crippen molar-refractivity contribution in [2.75, 3.05) is 11.9 Å². The average molecular weight is 211 g/mol. The smallest absolute Gasteiger partial charge is 0.202 e. The molecule has 1 aliphatic carbocycles. The third kappa shape index (κ3) is 2.05. The zero-order valence-corrected chi connectivity index (χ0v) is 9.65. The van der Waals surface area contributed by atoms with Crippen molar-refractivity contribution < 1.29 is 0 Å². The lowest BCUT2D eigenvalue weighted by Gasteiger charge is -2.11. The molecule has 0 aliphatic heterocycles. The molecule has 0 spiro atoms. The van der Waals surface area contributed by atoms with Gasteiger partial charge in [-0.3, -0.25) is 0 Å². The Morgan fingerprint density at radius 2 is 2.21 bits per heavy atom. The molecule has 1 N–H and O–H groups in total. The molecule has 3 nitrogen and oxygen atoms in total. The number of nitrogens with one attached hydrogen (secondary N) is 1. The molecule has 0 saturated heterocycles. The first-order chi connectivity index (χ1) is 6.78. The first-order valence-corrected chi connectivity index (χ1v) is 6.12. The second-order valence-electron chi connectivity index (χ2n) is 4.08. The lowest BCUT2D eigenvalue weighted by atomic mass is 10.0. The minimum absolute atomic E-state index is 0.581. The Hall–Kier alpha value is -0.640. The quantitative estimate of drug-likeness (QED) is 0.813. The van der Waals surface area contributed by atoms with Crippen molar-refractivity contribution >= 4 is 16.7 Å². The Kier molecular flexibility index (Phi) is 2.72. The summed E-state index contributed by atoms with van der Waals surface area (Å²) in [5.41, 5.74) is 0.581. The summed E-state index contributed by atoms with van der Waals surface area (Å²) in [5.74, 6) is 0.957. The minimum Gasteiger partial charge on any atom is -0.360 e. The van der Waals surface area contributed by atoms with E-state index in [1.165, 1.54) is 30.8 Å². The Bertz CT molecular complexity index is 304. The highest BCUT2D eigenvalue weighted by molar-refractivity contribution is 7.09. The molecule has 0 unspecified atom stereocenters. The Morgan fingerprint density at radius 3 is 2.71 bits per heavy atom. The van der Waals surface area contributed by atoms with Crippen LogP contribution in [0.1, 0.15) is 38.9 Å². The van der Waals surface area contributed by atoms with Gasteiger partial charge < -0.3 is 5.32 Å². The van der Waals surface area contributed by atoms with Gasteiger partial charge in [0.05, 0.1) is 0 Å². The van der Waals surface area contributed by atoms with E-state index in [2.05, 4.69) is 28.5 Å². The highest BCUT2D eigenvalue weighted by atomic mass is 32.1. The van der Waals surface area contributed by atoms with E-state index in [1.54, 1.807) is 0 Å². The molecule has 0 aromatic carbocycles. The van der Waals surface area contributed by atoms with Crippen LogP contribution in [0.15, 0.2) is 0 Å². The molecule has 4 heteroatoms. The van der Waals surface area contributed by atoms with Crippen LogP contribution in [0.25, 0.3) is 0 Å². The lowest BCUT2D eigenvalue weighted by Crippen LogP contribution is -2.14. The highest BCUT2D eigenvalue weighted by Crippen LogP contribution is 2.48. The zero-order chi connectivity index (χ0) is 10.0. The average Bonchev–Trinajstić information content (AvgIpc) is 2.86. The number of rotatable bonds is 5. The van der Waals surface area contributed by atoms with E-state index in [0.29, 0.717) is 5.41 Å². The highest BCUT2D eigenvalue weighted by Gasteiger charge is 2.40. The summed E-state index contributed by atoms with van der Waals surface area (Å²) in [6.07, 6.45) is 4.95. The van der Waals surface area contributed by atoms with Gasteiger partial charge in [0.15, 0.2) is 0 Å². The van der Waals surface area contributed by atoms with Gasteiger partial charge in [0.1, 0.15) is 5.82 Å². The molecular formula is C10H17N3S. The summed E-state index contributed by atoms with van der Waals surface area (Å²) in [5, 5.41) is 4.39. The SMILES string of the molecule is CCc1nsc(NCC2(CC)CC2)n1. The van der Waals surface area contributed by atoms with Crippen molar-refractivity contribution in [2.24, 2.45) is 5.41 Å². The monoisotopic (exact) mass is 211 g/mol. The molecule has 2 rings (SSSR count). The molecule has 0 amide bonds. The number of nitrogens with zero attached hydrogens (tertiary/aromatic N) is 2. The van der Waals surface area contributed by atoms with Crippen LogP contribution in [-0.2, 0) is 6.42 Å². The first kappa shape index (κ1) is 9.90.